The molecule has 1 aromatic rings. The van der Waals surface area contributed by atoms with Gasteiger partial charge in [-0.2, -0.15) is 8.78 Å². The quantitative estimate of drug-likeness (QED) is 0.739. The van der Waals surface area contributed by atoms with Gasteiger partial charge in [0.1, 0.15) is 5.75 Å². The Balaban J connectivity index is 3.10. The van der Waals surface area contributed by atoms with Crippen molar-refractivity contribution in [2.24, 2.45) is 0 Å². The van der Waals surface area contributed by atoms with Gasteiger partial charge in [-0.3, -0.25) is 0 Å². The number of benzene rings is 1. The number of alkyl halides is 2. The summed E-state index contributed by atoms with van der Waals surface area (Å²) >= 11 is 0. The number of hydrogen-bond acceptors (Lipinski definition) is 1. The normalized spacial score (nSPS) is 11.1. The molecule has 15 heavy (non-hydrogen) atoms. The number of halogens is 2. The van der Waals surface area contributed by atoms with Crippen molar-refractivity contribution in [3.8, 4) is 5.75 Å². The summed E-state index contributed by atoms with van der Waals surface area (Å²) in [6, 6.07) is 5.18. The number of rotatable bonds is 4. The molecule has 0 saturated carbocycles. The molecule has 0 aliphatic heterocycles. The molecule has 3 heteroatoms. The van der Waals surface area contributed by atoms with Crippen molar-refractivity contribution < 1.29 is 13.5 Å². The lowest BCUT2D eigenvalue weighted by molar-refractivity contribution is -0.0504. The van der Waals surface area contributed by atoms with E-state index in [1.807, 2.05) is 19.9 Å². The molecule has 0 bridgehead atoms. The van der Waals surface area contributed by atoms with Gasteiger partial charge < -0.3 is 4.74 Å². The van der Waals surface area contributed by atoms with E-state index < -0.39 is 6.61 Å². The molecule has 1 radical (unpaired) electrons. The lowest BCUT2D eigenvalue weighted by Crippen LogP contribution is -2.06. The van der Waals surface area contributed by atoms with Crippen molar-refractivity contribution in [3.05, 3.63) is 36.2 Å². The summed E-state index contributed by atoms with van der Waals surface area (Å²) in [6.45, 7) is 4.97. The SMILES string of the molecule is [CH2]C(C)c1cccc(OC(F)F)c1CC. The summed E-state index contributed by atoms with van der Waals surface area (Å²) in [5, 5.41) is 0. The predicted octanol–water partition coefficient (Wildman–Crippen LogP) is 3.79. The fourth-order valence-electron chi connectivity index (χ4n) is 1.63. The summed E-state index contributed by atoms with van der Waals surface area (Å²) in [4.78, 5) is 0. The van der Waals surface area contributed by atoms with E-state index in [1.165, 1.54) is 0 Å². The van der Waals surface area contributed by atoms with Crippen LogP contribution in [0.4, 0.5) is 8.78 Å². The summed E-state index contributed by atoms with van der Waals surface area (Å²) < 4.78 is 28.7. The molecule has 1 aromatic carbocycles. The van der Waals surface area contributed by atoms with Crippen molar-refractivity contribution in [1.82, 2.24) is 0 Å². The fraction of sp³-hybridized carbons (Fsp3) is 0.417. The molecule has 0 spiro atoms. The zero-order chi connectivity index (χ0) is 11.4. The van der Waals surface area contributed by atoms with E-state index in [-0.39, 0.29) is 11.7 Å². The monoisotopic (exact) mass is 213 g/mol. The molecule has 1 rings (SSSR count). The number of ether oxygens (including phenoxy) is 1. The van der Waals surface area contributed by atoms with E-state index in [1.54, 1.807) is 12.1 Å². The molecule has 1 nitrogen and oxygen atoms in total. The maximum absolute atomic E-state index is 12.1. The molecule has 0 aliphatic rings. The van der Waals surface area contributed by atoms with Crippen molar-refractivity contribution in [2.75, 3.05) is 0 Å². The maximum Gasteiger partial charge on any atom is 0.387 e. The van der Waals surface area contributed by atoms with Gasteiger partial charge in [-0.1, -0.05) is 26.0 Å². The highest BCUT2D eigenvalue weighted by molar-refractivity contribution is 5.42. The molecular formula is C12H15F2O. The van der Waals surface area contributed by atoms with Crippen LogP contribution in [0.25, 0.3) is 0 Å². The van der Waals surface area contributed by atoms with Gasteiger partial charge in [-0.05, 0) is 36.5 Å². The van der Waals surface area contributed by atoms with Crippen molar-refractivity contribution in [2.45, 2.75) is 32.8 Å². The van der Waals surface area contributed by atoms with Crippen molar-refractivity contribution in [1.29, 1.82) is 0 Å². The molecule has 0 amide bonds. The molecule has 0 aromatic heterocycles. The zero-order valence-electron chi connectivity index (χ0n) is 8.97. The van der Waals surface area contributed by atoms with Gasteiger partial charge in [0.2, 0.25) is 0 Å². The van der Waals surface area contributed by atoms with E-state index in [0.29, 0.717) is 6.42 Å². The standard InChI is InChI=1S/C12H15F2O/c1-4-9-10(8(2)3)6-5-7-11(9)15-12(13)14/h5-8,12H,2,4H2,1,3H3. The van der Waals surface area contributed by atoms with Gasteiger partial charge in [0.15, 0.2) is 0 Å². The van der Waals surface area contributed by atoms with Crippen LogP contribution < -0.4 is 4.74 Å². The fourth-order valence-corrected chi connectivity index (χ4v) is 1.63. The Bertz CT molecular complexity index is 321. The Morgan fingerprint density at radius 2 is 2.07 bits per heavy atom. The highest BCUT2D eigenvalue weighted by Gasteiger charge is 2.13. The van der Waals surface area contributed by atoms with E-state index in [4.69, 9.17) is 0 Å². The minimum atomic E-state index is -2.77. The largest absolute Gasteiger partial charge is 0.435 e. The van der Waals surface area contributed by atoms with Crippen molar-refractivity contribution in [3.63, 3.8) is 0 Å². The first kappa shape index (κ1) is 12.0. The Kier molecular flexibility index (Phi) is 4.06. The van der Waals surface area contributed by atoms with E-state index in [9.17, 15) is 8.78 Å². The average Bonchev–Trinajstić information content (AvgIpc) is 2.16. The third-order valence-corrected chi connectivity index (χ3v) is 2.27. The van der Waals surface area contributed by atoms with Crippen LogP contribution in [0.15, 0.2) is 18.2 Å². The minimum absolute atomic E-state index is 0.0705. The molecule has 1 atom stereocenters. The Morgan fingerprint density at radius 1 is 1.40 bits per heavy atom. The van der Waals surface area contributed by atoms with Crippen LogP contribution in [0.3, 0.4) is 0 Å². The number of hydrogen-bond donors (Lipinski definition) is 0. The smallest absolute Gasteiger partial charge is 0.387 e. The second kappa shape index (κ2) is 5.10. The maximum atomic E-state index is 12.1. The molecular weight excluding hydrogens is 198 g/mol. The summed E-state index contributed by atoms with van der Waals surface area (Å²) in [7, 11) is 0. The van der Waals surface area contributed by atoms with Crippen LogP contribution in [-0.2, 0) is 6.42 Å². The molecule has 0 saturated heterocycles. The van der Waals surface area contributed by atoms with Crippen molar-refractivity contribution >= 4 is 0 Å². The Morgan fingerprint density at radius 3 is 2.53 bits per heavy atom. The summed E-state index contributed by atoms with van der Waals surface area (Å²) in [5.74, 6) is 0.335. The molecule has 0 aliphatic carbocycles. The van der Waals surface area contributed by atoms with Crippen LogP contribution in [0.1, 0.15) is 30.9 Å². The third kappa shape index (κ3) is 2.91. The average molecular weight is 213 g/mol. The van der Waals surface area contributed by atoms with Gasteiger partial charge >= 0.3 is 6.61 Å². The molecule has 0 fully saturated rings. The van der Waals surface area contributed by atoms with Gasteiger partial charge in [0.25, 0.3) is 0 Å². The van der Waals surface area contributed by atoms with Gasteiger partial charge in [0.05, 0.1) is 0 Å². The molecule has 83 valence electrons. The van der Waals surface area contributed by atoms with E-state index >= 15 is 0 Å². The third-order valence-electron chi connectivity index (χ3n) is 2.27. The lowest BCUT2D eigenvalue weighted by Gasteiger charge is -2.15. The van der Waals surface area contributed by atoms with Crippen LogP contribution in [0.2, 0.25) is 0 Å². The second-order valence-corrected chi connectivity index (χ2v) is 3.46. The highest BCUT2D eigenvalue weighted by atomic mass is 19.3. The van der Waals surface area contributed by atoms with Crippen LogP contribution in [0.5, 0.6) is 5.75 Å². The Hall–Kier alpha value is -1.12. The van der Waals surface area contributed by atoms with Crippen LogP contribution in [0, 0.1) is 6.92 Å². The molecule has 1 unspecified atom stereocenters. The summed E-state index contributed by atoms with van der Waals surface area (Å²) in [5.41, 5.74) is 1.79. The Labute approximate surface area is 89.1 Å². The summed E-state index contributed by atoms with van der Waals surface area (Å²) in [6.07, 6.45) is 0.665. The highest BCUT2D eigenvalue weighted by Crippen LogP contribution is 2.29. The van der Waals surface area contributed by atoms with E-state index in [2.05, 4.69) is 11.7 Å². The predicted molar refractivity (Wildman–Crippen MR) is 56.2 cm³/mol. The lowest BCUT2D eigenvalue weighted by atomic mass is 9.95. The van der Waals surface area contributed by atoms with Crippen LogP contribution in [-0.4, -0.2) is 6.61 Å². The minimum Gasteiger partial charge on any atom is -0.435 e. The van der Waals surface area contributed by atoms with Crippen LogP contribution >= 0.6 is 0 Å². The molecule has 0 heterocycles. The second-order valence-electron chi connectivity index (χ2n) is 3.46. The van der Waals surface area contributed by atoms with Gasteiger partial charge in [-0.25, -0.2) is 0 Å². The van der Waals surface area contributed by atoms with Gasteiger partial charge in [0, 0.05) is 0 Å². The first-order chi connectivity index (χ1) is 7.06. The first-order valence-electron chi connectivity index (χ1n) is 4.96. The van der Waals surface area contributed by atoms with Gasteiger partial charge in [-0.15, -0.1) is 0 Å². The zero-order valence-corrected chi connectivity index (χ0v) is 8.97. The van der Waals surface area contributed by atoms with E-state index in [0.717, 1.165) is 11.1 Å². The topological polar surface area (TPSA) is 9.23 Å². The molecule has 0 N–H and O–H groups in total. The first-order valence-corrected chi connectivity index (χ1v) is 4.96.